The van der Waals surface area contributed by atoms with Crippen LogP contribution in [0, 0.1) is 0 Å². The average molecular weight is 222 g/mol. The number of alkyl halides is 1. The minimum atomic E-state index is -1.03. The van der Waals surface area contributed by atoms with Gasteiger partial charge in [-0.3, -0.25) is 0 Å². The van der Waals surface area contributed by atoms with Crippen molar-refractivity contribution >= 4 is 0 Å². The second-order valence-corrected chi connectivity index (χ2v) is 4.76. The summed E-state index contributed by atoms with van der Waals surface area (Å²) >= 11 is 0. The van der Waals surface area contributed by atoms with Crippen LogP contribution in [0.4, 0.5) is 4.39 Å². The number of hydrogen-bond donors (Lipinski definition) is 0. The van der Waals surface area contributed by atoms with E-state index in [0.717, 1.165) is 11.3 Å². The normalized spacial score (nSPS) is 35.2. The van der Waals surface area contributed by atoms with E-state index in [1.807, 2.05) is 13.0 Å². The SMILES string of the molecule is CC1Oc2cc3c(cc2C1C)OC(C)C3F. The molecule has 0 saturated heterocycles. The zero-order valence-corrected chi connectivity index (χ0v) is 9.66. The summed E-state index contributed by atoms with van der Waals surface area (Å²) in [6.07, 6.45) is -1.26. The summed E-state index contributed by atoms with van der Waals surface area (Å²) in [7, 11) is 0. The predicted octanol–water partition coefficient (Wildman–Crippen LogP) is 3.36. The summed E-state index contributed by atoms with van der Waals surface area (Å²) < 4.78 is 25.0. The smallest absolute Gasteiger partial charge is 0.165 e. The maximum atomic E-state index is 13.8. The maximum Gasteiger partial charge on any atom is 0.165 e. The van der Waals surface area contributed by atoms with Crippen molar-refractivity contribution in [3.63, 3.8) is 0 Å². The van der Waals surface area contributed by atoms with Gasteiger partial charge in [0.05, 0.1) is 0 Å². The quantitative estimate of drug-likeness (QED) is 0.670. The van der Waals surface area contributed by atoms with Gasteiger partial charge in [0.15, 0.2) is 6.17 Å². The molecular weight excluding hydrogens is 207 g/mol. The van der Waals surface area contributed by atoms with Gasteiger partial charge in [-0.15, -0.1) is 0 Å². The Kier molecular flexibility index (Phi) is 1.94. The van der Waals surface area contributed by atoms with E-state index in [2.05, 4.69) is 6.92 Å². The highest BCUT2D eigenvalue weighted by Gasteiger charge is 2.36. The molecule has 86 valence electrons. The lowest BCUT2D eigenvalue weighted by molar-refractivity contribution is 0.154. The Hall–Kier alpha value is -1.25. The van der Waals surface area contributed by atoms with Gasteiger partial charge in [-0.25, -0.2) is 4.39 Å². The number of hydrogen-bond acceptors (Lipinski definition) is 2. The van der Waals surface area contributed by atoms with Crippen molar-refractivity contribution in [2.45, 2.75) is 45.1 Å². The molecule has 3 heteroatoms. The lowest BCUT2D eigenvalue weighted by atomic mass is 9.96. The Morgan fingerprint density at radius 2 is 1.50 bits per heavy atom. The predicted molar refractivity (Wildman–Crippen MR) is 58.9 cm³/mol. The number of benzene rings is 1. The lowest BCUT2D eigenvalue weighted by Gasteiger charge is -2.08. The van der Waals surface area contributed by atoms with Crippen LogP contribution in [0.2, 0.25) is 0 Å². The van der Waals surface area contributed by atoms with Crippen molar-refractivity contribution in [1.82, 2.24) is 0 Å². The van der Waals surface area contributed by atoms with Crippen molar-refractivity contribution < 1.29 is 13.9 Å². The van der Waals surface area contributed by atoms with Crippen LogP contribution in [0.5, 0.6) is 11.5 Å². The molecule has 2 aliphatic rings. The van der Waals surface area contributed by atoms with Crippen LogP contribution < -0.4 is 9.47 Å². The molecule has 3 rings (SSSR count). The molecular formula is C13H15FO2. The van der Waals surface area contributed by atoms with Crippen molar-refractivity contribution in [2.75, 3.05) is 0 Å². The molecule has 4 unspecified atom stereocenters. The van der Waals surface area contributed by atoms with Crippen LogP contribution >= 0.6 is 0 Å². The molecule has 0 N–H and O–H groups in total. The molecule has 4 atom stereocenters. The zero-order valence-electron chi connectivity index (χ0n) is 9.66. The first-order valence-electron chi connectivity index (χ1n) is 5.73. The van der Waals surface area contributed by atoms with Crippen molar-refractivity contribution in [3.05, 3.63) is 23.3 Å². The maximum absolute atomic E-state index is 13.8. The molecule has 1 aromatic rings. The first-order chi connectivity index (χ1) is 7.58. The van der Waals surface area contributed by atoms with Gasteiger partial charge in [0, 0.05) is 17.0 Å². The van der Waals surface area contributed by atoms with Gasteiger partial charge >= 0.3 is 0 Å². The minimum Gasteiger partial charge on any atom is -0.490 e. The second kappa shape index (κ2) is 3.12. The number of halogens is 1. The van der Waals surface area contributed by atoms with Crippen molar-refractivity contribution in [2.24, 2.45) is 0 Å². The number of rotatable bonds is 0. The van der Waals surface area contributed by atoms with Crippen LogP contribution in [-0.4, -0.2) is 12.2 Å². The Labute approximate surface area is 94.4 Å². The van der Waals surface area contributed by atoms with Gasteiger partial charge in [0.2, 0.25) is 0 Å². The van der Waals surface area contributed by atoms with Gasteiger partial charge < -0.3 is 9.47 Å². The first kappa shape index (κ1) is 9.94. The highest BCUT2D eigenvalue weighted by atomic mass is 19.1. The molecule has 0 radical (unpaired) electrons. The molecule has 2 heterocycles. The molecule has 0 spiro atoms. The fraction of sp³-hybridized carbons (Fsp3) is 0.538. The van der Waals surface area contributed by atoms with E-state index in [1.54, 1.807) is 13.0 Å². The van der Waals surface area contributed by atoms with Crippen molar-refractivity contribution in [1.29, 1.82) is 0 Å². The zero-order chi connectivity index (χ0) is 11.4. The van der Waals surface area contributed by atoms with E-state index in [-0.39, 0.29) is 12.2 Å². The standard InChI is InChI=1S/C13H15FO2/c1-6-7(2)15-11-5-10-12(4-9(6)11)16-8(3)13(10)14/h4-8,13H,1-3H3. The molecule has 0 bridgehead atoms. The Morgan fingerprint density at radius 3 is 2.25 bits per heavy atom. The van der Waals surface area contributed by atoms with Gasteiger partial charge in [-0.2, -0.15) is 0 Å². The van der Waals surface area contributed by atoms with Crippen LogP contribution in [0.25, 0.3) is 0 Å². The molecule has 0 aromatic heterocycles. The van der Waals surface area contributed by atoms with Crippen LogP contribution in [0.3, 0.4) is 0 Å². The lowest BCUT2D eigenvalue weighted by Crippen LogP contribution is -2.11. The third-order valence-corrected chi connectivity index (χ3v) is 3.67. The summed E-state index contributed by atoms with van der Waals surface area (Å²) in [6, 6.07) is 3.74. The first-order valence-corrected chi connectivity index (χ1v) is 5.73. The summed E-state index contributed by atoms with van der Waals surface area (Å²) in [5.41, 5.74) is 1.76. The van der Waals surface area contributed by atoms with Crippen LogP contribution in [0.15, 0.2) is 12.1 Å². The third-order valence-electron chi connectivity index (χ3n) is 3.67. The van der Waals surface area contributed by atoms with E-state index >= 15 is 0 Å². The molecule has 1 aromatic carbocycles. The van der Waals surface area contributed by atoms with E-state index in [1.165, 1.54) is 0 Å². The van der Waals surface area contributed by atoms with Gasteiger partial charge in [0.25, 0.3) is 0 Å². The van der Waals surface area contributed by atoms with Gasteiger partial charge in [0.1, 0.15) is 23.7 Å². The highest BCUT2D eigenvalue weighted by molar-refractivity contribution is 5.53. The van der Waals surface area contributed by atoms with Gasteiger partial charge in [-0.1, -0.05) is 6.92 Å². The summed E-state index contributed by atoms with van der Waals surface area (Å²) in [6.45, 7) is 5.91. The number of fused-ring (bicyclic) bond motifs is 2. The van der Waals surface area contributed by atoms with E-state index in [0.29, 0.717) is 17.2 Å². The fourth-order valence-electron chi connectivity index (χ4n) is 2.43. The molecule has 16 heavy (non-hydrogen) atoms. The van der Waals surface area contributed by atoms with E-state index in [4.69, 9.17) is 9.47 Å². The molecule has 0 saturated carbocycles. The highest BCUT2D eigenvalue weighted by Crippen LogP contribution is 2.47. The van der Waals surface area contributed by atoms with E-state index < -0.39 is 6.17 Å². The monoisotopic (exact) mass is 222 g/mol. The summed E-state index contributed by atoms with van der Waals surface area (Å²) in [4.78, 5) is 0. The molecule has 2 nitrogen and oxygen atoms in total. The molecule has 0 amide bonds. The average Bonchev–Trinajstić information content (AvgIpc) is 2.67. The Morgan fingerprint density at radius 1 is 0.938 bits per heavy atom. The fourth-order valence-corrected chi connectivity index (χ4v) is 2.43. The molecule has 0 fully saturated rings. The number of ether oxygens (including phenoxy) is 2. The van der Waals surface area contributed by atoms with Crippen LogP contribution in [-0.2, 0) is 0 Å². The summed E-state index contributed by atoms with van der Waals surface area (Å²) in [5, 5.41) is 0. The minimum absolute atomic E-state index is 0.160. The van der Waals surface area contributed by atoms with Crippen LogP contribution in [0.1, 0.15) is 44.0 Å². The largest absolute Gasteiger partial charge is 0.490 e. The Balaban J connectivity index is 2.10. The topological polar surface area (TPSA) is 18.5 Å². The third kappa shape index (κ3) is 1.17. The Bertz CT molecular complexity index is 402. The summed E-state index contributed by atoms with van der Waals surface area (Å²) in [5.74, 6) is 1.85. The molecule has 0 aliphatic carbocycles. The molecule has 2 aliphatic heterocycles. The second-order valence-electron chi connectivity index (χ2n) is 4.76. The van der Waals surface area contributed by atoms with Crippen molar-refractivity contribution in [3.8, 4) is 11.5 Å². The van der Waals surface area contributed by atoms with Gasteiger partial charge in [-0.05, 0) is 26.0 Å². The van der Waals surface area contributed by atoms with E-state index in [9.17, 15) is 4.39 Å².